The van der Waals surface area contributed by atoms with Crippen molar-refractivity contribution in [1.82, 2.24) is 9.38 Å². The van der Waals surface area contributed by atoms with E-state index in [1.54, 1.807) is 29.7 Å². The van der Waals surface area contributed by atoms with Gasteiger partial charge < -0.3 is 14.9 Å². The Morgan fingerprint density at radius 1 is 1.14 bits per heavy atom. The van der Waals surface area contributed by atoms with Crippen molar-refractivity contribution in [1.29, 1.82) is 0 Å². The van der Waals surface area contributed by atoms with Crippen LogP contribution in [0, 0.1) is 18.6 Å². The van der Waals surface area contributed by atoms with Crippen molar-refractivity contribution in [2.75, 3.05) is 6.61 Å². The number of hydrogen-bond acceptors (Lipinski definition) is 5. The quantitative estimate of drug-likeness (QED) is 0.394. The fraction of sp³-hybridized carbons (Fsp3) is 0.259. The second kappa shape index (κ2) is 8.87. The molecule has 0 bridgehead atoms. The van der Waals surface area contributed by atoms with Crippen LogP contribution < -0.4 is 4.74 Å². The summed E-state index contributed by atoms with van der Waals surface area (Å²) in [5.41, 5.74) is 1.44. The third-order valence-corrected chi connectivity index (χ3v) is 6.85. The predicted octanol–water partition coefficient (Wildman–Crippen LogP) is 3.92. The van der Waals surface area contributed by atoms with Crippen LogP contribution in [0.4, 0.5) is 8.78 Å². The largest absolute Gasteiger partial charge is 0.485 e. The molecule has 2 aromatic heterocycles. The molecular weight excluding hydrogens is 454 g/mol. The molecule has 0 saturated heterocycles. The number of aliphatic hydroxyl groups excluding tert-OH is 2. The van der Waals surface area contributed by atoms with Gasteiger partial charge >= 0.3 is 0 Å². The molecule has 180 valence electrons. The molecule has 0 amide bonds. The number of fused-ring (bicyclic) bond motifs is 2. The van der Waals surface area contributed by atoms with Crippen LogP contribution in [0.3, 0.4) is 0 Å². The van der Waals surface area contributed by atoms with Crippen LogP contribution in [0.15, 0.2) is 60.8 Å². The fourth-order valence-electron chi connectivity index (χ4n) is 5.02. The summed E-state index contributed by atoms with van der Waals surface area (Å²) >= 11 is 0. The van der Waals surface area contributed by atoms with Crippen molar-refractivity contribution < 1.29 is 28.5 Å². The third-order valence-electron chi connectivity index (χ3n) is 6.85. The van der Waals surface area contributed by atoms with Crippen LogP contribution in [0.1, 0.15) is 39.3 Å². The van der Waals surface area contributed by atoms with E-state index in [1.807, 2.05) is 24.3 Å². The van der Waals surface area contributed by atoms with E-state index in [1.165, 1.54) is 6.07 Å². The highest BCUT2D eigenvalue weighted by Gasteiger charge is 2.47. The van der Waals surface area contributed by atoms with Gasteiger partial charge in [-0.3, -0.25) is 9.20 Å². The van der Waals surface area contributed by atoms with Crippen LogP contribution in [-0.2, 0) is 18.4 Å². The molecule has 0 unspecified atom stereocenters. The van der Waals surface area contributed by atoms with Gasteiger partial charge in [-0.05, 0) is 48.7 Å². The lowest BCUT2D eigenvalue weighted by Crippen LogP contribution is -2.42. The Balaban J connectivity index is 1.48. The predicted molar refractivity (Wildman–Crippen MR) is 124 cm³/mol. The zero-order chi connectivity index (χ0) is 24.7. The molecule has 4 aromatic rings. The molecule has 2 aromatic carbocycles. The Labute approximate surface area is 200 Å². The molecule has 1 aliphatic rings. The van der Waals surface area contributed by atoms with Crippen molar-refractivity contribution in [3.63, 3.8) is 0 Å². The van der Waals surface area contributed by atoms with Crippen LogP contribution in [0.25, 0.3) is 5.65 Å². The highest BCUT2D eigenvalue weighted by molar-refractivity contribution is 5.98. The zero-order valence-electron chi connectivity index (χ0n) is 19.0. The molecule has 0 radical (unpaired) electrons. The van der Waals surface area contributed by atoms with Crippen molar-refractivity contribution in [3.05, 3.63) is 101 Å². The molecule has 1 aliphatic carbocycles. The normalized spacial score (nSPS) is 19.2. The number of pyridine rings is 1. The first kappa shape index (κ1) is 23.1. The summed E-state index contributed by atoms with van der Waals surface area (Å²) in [7, 11) is 0. The lowest BCUT2D eigenvalue weighted by molar-refractivity contribution is 0.0421. The highest BCUT2D eigenvalue weighted by Crippen LogP contribution is 2.42. The van der Waals surface area contributed by atoms with E-state index in [-0.39, 0.29) is 36.7 Å². The second-order valence-corrected chi connectivity index (χ2v) is 8.89. The number of aryl methyl sites for hydroxylation is 1. The first-order chi connectivity index (χ1) is 16.9. The Bertz CT molecular complexity index is 1410. The molecule has 2 N–H and O–H groups in total. The summed E-state index contributed by atoms with van der Waals surface area (Å²) in [6.07, 6.45) is 1.01. The van der Waals surface area contributed by atoms with E-state index >= 15 is 0 Å². The minimum absolute atomic E-state index is 0.109. The van der Waals surface area contributed by atoms with Crippen LogP contribution in [-0.4, -0.2) is 38.1 Å². The second-order valence-electron chi connectivity index (χ2n) is 8.89. The van der Waals surface area contributed by atoms with E-state index < -0.39 is 23.2 Å². The minimum atomic E-state index is -1.11. The van der Waals surface area contributed by atoms with Gasteiger partial charge in [0.15, 0.2) is 17.2 Å². The SMILES string of the molecule is Cc1nc2c(OCc3c(F)cccc3F)cccn2c1C(=O)C[C@]1(CO)c2ccccc2C[C@H]1O. The van der Waals surface area contributed by atoms with Gasteiger partial charge in [0.1, 0.15) is 23.9 Å². The summed E-state index contributed by atoms with van der Waals surface area (Å²) in [5, 5.41) is 21.2. The van der Waals surface area contributed by atoms with E-state index in [9.17, 15) is 23.8 Å². The summed E-state index contributed by atoms with van der Waals surface area (Å²) in [6.45, 7) is 0.963. The van der Waals surface area contributed by atoms with Gasteiger partial charge in [-0.15, -0.1) is 0 Å². The fourth-order valence-corrected chi connectivity index (χ4v) is 5.02. The van der Waals surface area contributed by atoms with Crippen molar-refractivity contribution >= 4 is 11.4 Å². The number of ether oxygens (including phenoxy) is 1. The van der Waals surface area contributed by atoms with Crippen LogP contribution in [0.2, 0.25) is 0 Å². The molecule has 0 fully saturated rings. The van der Waals surface area contributed by atoms with Crippen molar-refractivity contribution in [3.8, 4) is 5.75 Å². The number of carbonyl (C=O) groups excluding carboxylic acids is 1. The van der Waals surface area contributed by atoms with E-state index in [0.29, 0.717) is 23.5 Å². The number of imidazole rings is 1. The Hall–Kier alpha value is -3.62. The van der Waals surface area contributed by atoms with Gasteiger partial charge in [0, 0.05) is 12.6 Å². The first-order valence-electron chi connectivity index (χ1n) is 11.3. The number of hydrogen-bond donors (Lipinski definition) is 2. The molecule has 0 aliphatic heterocycles. The number of nitrogens with zero attached hydrogens (tertiary/aromatic N) is 2. The van der Waals surface area contributed by atoms with Crippen molar-refractivity contribution in [2.45, 2.75) is 37.9 Å². The van der Waals surface area contributed by atoms with E-state index in [4.69, 9.17) is 4.74 Å². The summed E-state index contributed by atoms with van der Waals surface area (Å²) in [5.74, 6) is -1.45. The Kier molecular flexibility index (Phi) is 5.86. The molecule has 2 heterocycles. The molecule has 5 rings (SSSR count). The lowest BCUT2D eigenvalue weighted by atomic mass is 9.76. The minimum Gasteiger partial charge on any atom is -0.485 e. The molecule has 0 spiro atoms. The topological polar surface area (TPSA) is 84.1 Å². The standard InChI is InChI=1S/C27H24F2N2O4/c1-16-25(22(33)13-27(15-32)19-7-3-2-6-17(19)12-24(27)34)31-11-5-10-23(26(31)30-16)35-14-18-20(28)8-4-9-21(18)29/h2-11,24,32,34H,12-15H2,1H3/t24-,27+/m1/s1. The monoisotopic (exact) mass is 478 g/mol. The first-order valence-corrected chi connectivity index (χ1v) is 11.3. The summed E-state index contributed by atoms with van der Waals surface area (Å²) < 4.78 is 35.3. The number of Topliss-reactive ketones (excluding diaryl/α,β-unsaturated/α-hetero) is 1. The molecule has 8 heteroatoms. The summed E-state index contributed by atoms with van der Waals surface area (Å²) in [6, 6.07) is 14.3. The maximum Gasteiger partial charge on any atom is 0.182 e. The van der Waals surface area contributed by atoms with Crippen LogP contribution >= 0.6 is 0 Å². The van der Waals surface area contributed by atoms with Gasteiger partial charge in [0.2, 0.25) is 0 Å². The molecule has 35 heavy (non-hydrogen) atoms. The van der Waals surface area contributed by atoms with Gasteiger partial charge in [-0.1, -0.05) is 30.3 Å². The number of benzene rings is 2. The Morgan fingerprint density at radius 2 is 1.89 bits per heavy atom. The lowest BCUT2D eigenvalue weighted by Gasteiger charge is -2.31. The maximum absolute atomic E-state index is 14.0. The molecule has 2 atom stereocenters. The van der Waals surface area contributed by atoms with Gasteiger partial charge in [-0.25, -0.2) is 13.8 Å². The number of rotatable bonds is 7. The van der Waals surface area contributed by atoms with E-state index in [0.717, 1.165) is 23.3 Å². The maximum atomic E-state index is 14.0. The van der Waals surface area contributed by atoms with Gasteiger partial charge in [0.25, 0.3) is 0 Å². The average molecular weight is 478 g/mol. The summed E-state index contributed by atoms with van der Waals surface area (Å²) in [4.78, 5) is 18.1. The molecular formula is C27H24F2N2O4. The number of aliphatic hydroxyl groups is 2. The number of aromatic nitrogens is 2. The Morgan fingerprint density at radius 3 is 2.63 bits per heavy atom. The average Bonchev–Trinajstić information content (AvgIpc) is 3.32. The molecule has 0 saturated carbocycles. The van der Waals surface area contributed by atoms with Crippen LogP contribution in [0.5, 0.6) is 5.75 Å². The van der Waals surface area contributed by atoms with Gasteiger partial charge in [0.05, 0.1) is 29.4 Å². The zero-order valence-corrected chi connectivity index (χ0v) is 19.0. The third kappa shape index (κ3) is 3.79. The number of ketones is 1. The van der Waals surface area contributed by atoms with Crippen molar-refractivity contribution in [2.24, 2.45) is 0 Å². The smallest absolute Gasteiger partial charge is 0.182 e. The van der Waals surface area contributed by atoms with Gasteiger partial charge in [-0.2, -0.15) is 0 Å². The van der Waals surface area contributed by atoms with E-state index in [2.05, 4.69) is 4.98 Å². The highest BCUT2D eigenvalue weighted by atomic mass is 19.1. The number of carbonyl (C=O) groups is 1. The molecule has 6 nitrogen and oxygen atoms in total. The number of halogens is 2.